The van der Waals surface area contributed by atoms with E-state index in [1.54, 1.807) is 16.9 Å². The predicted octanol–water partition coefficient (Wildman–Crippen LogP) is 4.75. The number of carbonyl (C=O) groups is 1. The van der Waals surface area contributed by atoms with E-state index in [0.717, 1.165) is 51.9 Å². The molecule has 1 saturated heterocycles. The zero-order valence-electron chi connectivity index (χ0n) is 19.1. The standard InChI is InChI=1S/C27H27F2N3O2/c1-34-20-9-6-18(7-10-20)16-19-8-11-22-25(21-4-2-3-5-23(21)30-26(19)22)27(33)32-14-12-31(13-15-32)17-24(28)29/h2-7,9-10,16,24H,8,11-15,17H2,1H3/b19-16-. The molecule has 1 fully saturated rings. The summed E-state index contributed by atoms with van der Waals surface area (Å²) in [4.78, 5) is 22.2. The maximum Gasteiger partial charge on any atom is 0.254 e. The first-order valence-electron chi connectivity index (χ1n) is 11.6. The number of hydrogen-bond donors (Lipinski definition) is 0. The van der Waals surface area contributed by atoms with Gasteiger partial charge < -0.3 is 9.64 Å². The van der Waals surface area contributed by atoms with E-state index in [-0.39, 0.29) is 12.5 Å². The summed E-state index contributed by atoms with van der Waals surface area (Å²) in [6, 6.07) is 15.6. The highest BCUT2D eigenvalue weighted by Gasteiger charge is 2.31. The van der Waals surface area contributed by atoms with Crippen molar-refractivity contribution in [3.63, 3.8) is 0 Å². The van der Waals surface area contributed by atoms with E-state index in [1.165, 1.54) is 0 Å². The number of allylic oxidation sites excluding steroid dienone is 1. The summed E-state index contributed by atoms with van der Waals surface area (Å²) in [5.41, 5.74) is 5.54. The van der Waals surface area contributed by atoms with Crippen molar-refractivity contribution in [3.05, 3.63) is 70.9 Å². The lowest BCUT2D eigenvalue weighted by Crippen LogP contribution is -2.50. The number of rotatable bonds is 5. The Kier molecular flexibility index (Phi) is 6.28. The van der Waals surface area contributed by atoms with E-state index in [1.807, 2.05) is 48.5 Å². The molecule has 3 aromatic rings. The summed E-state index contributed by atoms with van der Waals surface area (Å²) in [6.07, 6.45) is 1.34. The van der Waals surface area contributed by atoms with E-state index < -0.39 is 6.43 Å². The Labute approximate surface area is 197 Å². The molecule has 5 nitrogen and oxygen atoms in total. The molecule has 0 N–H and O–H groups in total. The normalized spacial score (nSPS) is 17.5. The molecule has 0 spiro atoms. The van der Waals surface area contributed by atoms with Gasteiger partial charge in [-0.05, 0) is 53.8 Å². The predicted molar refractivity (Wildman–Crippen MR) is 129 cm³/mol. The fraction of sp³-hybridized carbons (Fsp3) is 0.333. The van der Waals surface area contributed by atoms with Crippen LogP contribution in [0.5, 0.6) is 5.75 Å². The maximum absolute atomic E-state index is 13.7. The first-order valence-corrected chi connectivity index (χ1v) is 11.6. The summed E-state index contributed by atoms with van der Waals surface area (Å²) < 4.78 is 30.8. The second-order valence-corrected chi connectivity index (χ2v) is 8.76. The number of hydrogen-bond acceptors (Lipinski definition) is 4. The van der Waals surface area contributed by atoms with E-state index in [0.29, 0.717) is 31.7 Å². The van der Waals surface area contributed by atoms with Crippen LogP contribution in [-0.2, 0) is 6.42 Å². The lowest BCUT2D eigenvalue weighted by atomic mass is 9.99. The van der Waals surface area contributed by atoms with Crippen molar-refractivity contribution >= 4 is 28.5 Å². The van der Waals surface area contributed by atoms with Crippen molar-refractivity contribution in [2.24, 2.45) is 0 Å². The quantitative estimate of drug-likeness (QED) is 0.548. The lowest BCUT2D eigenvalue weighted by molar-refractivity contribution is 0.0459. The number of para-hydroxylation sites is 1. The fourth-order valence-electron chi connectivity index (χ4n) is 4.91. The largest absolute Gasteiger partial charge is 0.497 e. The molecule has 0 atom stereocenters. The lowest BCUT2D eigenvalue weighted by Gasteiger charge is -2.35. The molecular formula is C27H27F2N3O2. The van der Waals surface area contributed by atoms with Gasteiger partial charge in [-0.3, -0.25) is 9.69 Å². The third-order valence-corrected chi connectivity index (χ3v) is 6.67. The van der Waals surface area contributed by atoms with Crippen molar-refractivity contribution in [1.29, 1.82) is 0 Å². The summed E-state index contributed by atoms with van der Waals surface area (Å²) in [7, 11) is 1.65. The van der Waals surface area contributed by atoms with Crippen molar-refractivity contribution in [2.45, 2.75) is 19.3 Å². The number of pyridine rings is 1. The third kappa shape index (κ3) is 4.40. The van der Waals surface area contributed by atoms with Gasteiger partial charge in [0.25, 0.3) is 12.3 Å². The molecule has 7 heteroatoms. The molecule has 34 heavy (non-hydrogen) atoms. The minimum atomic E-state index is -2.36. The first-order chi connectivity index (χ1) is 16.5. The maximum atomic E-state index is 13.7. The van der Waals surface area contributed by atoms with Crippen LogP contribution >= 0.6 is 0 Å². The molecule has 2 aromatic carbocycles. The number of ether oxygens (including phenoxy) is 1. The van der Waals surface area contributed by atoms with Gasteiger partial charge in [0.2, 0.25) is 0 Å². The molecule has 0 radical (unpaired) electrons. The molecule has 0 bridgehead atoms. The molecule has 2 aliphatic rings. The van der Waals surface area contributed by atoms with Crippen LogP contribution < -0.4 is 4.74 Å². The van der Waals surface area contributed by atoms with Crippen LogP contribution in [0.25, 0.3) is 22.6 Å². The van der Waals surface area contributed by atoms with E-state index >= 15 is 0 Å². The van der Waals surface area contributed by atoms with Gasteiger partial charge in [-0.25, -0.2) is 13.8 Å². The van der Waals surface area contributed by atoms with Crippen molar-refractivity contribution in [3.8, 4) is 5.75 Å². The average Bonchev–Trinajstić information content (AvgIpc) is 3.24. The topological polar surface area (TPSA) is 45.7 Å². The number of nitrogens with zero attached hydrogens (tertiary/aromatic N) is 3. The van der Waals surface area contributed by atoms with Crippen LogP contribution in [0.2, 0.25) is 0 Å². The monoisotopic (exact) mass is 463 g/mol. The van der Waals surface area contributed by atoms with Crippen LogP contribution in [0.1, 0.15) is 33.6 Å². The van der Waals surface area contributed by atoms with Gasteiger partial charge in [0.05, 0.1) is 30.4 Å². The molecule has 1 aromatic heterocycles. The van der Waals surface area contributed by atoms with Gasteiger partial charge in [0, 0.05) is 31.6 Å². The van der Waals surface area contributed by atoms with Crippen molar-refractivity contribution in [1.82, 2.24) is 14.8 Å². The minimum Gasteiger partial charge on any atom is -0.497 e. The highest BCUT2D eigenvalue weighted by Crippen LogP contribution is 2.38. The van der Waals surface area contributed by atoms with Gasteiger partial charge >= 0.3 is 0 Å². The van der Waals surface area contributed by atoms with Gasteiger partial charge in [0.1, 0.15) is 5.75 Å². The summed E-state index contributed by atoms with van der Waals surface area (Å²) in [6.45, 7) is 1.58. The average molecular weight is 464 g/mol. The molecular weight excluding hydrogens is 436 g/mol. The van der Waals surface area contributed by atoms with Gasteiger partial charge in [-0.15, -0.1) is 0 Å². The van der Waals surface area contributed by atoms with Gasteiger partial charge in [0.15, 0.2) is 0 Å². The second-order valence-electron chi connectivity index (χ2n) is 8.76. The number of amides is 1. The molecule has 1 aliphatic heterocycles. The summed E-state index contributed by atoms with van der Waals surface area (Å²) in [5.74, 6) is 0.775. The van der Waals surface area contributed by atoms with Crippen LogP contribution in [-0.4, -0.2) is 67.0 Å². The Morgan fingerprint density at radius 1 is 1.06 bits per heavy atom. The zero-order chi connectivity index (χ0) is 23.7. The highest BCUT2D eigenvalue weighted by atomic mass is 19.3. The molecule has 2 heterocycles. The Morgan fingerprint density at radius 2 is 1.79 bits per heavy atom. The molecule has 5 rings (SSSR count). The van der Waals surface area contributed by atoms with Gasteiger partial charge in [-0.1, -0.05) is 30.3 Å². The van der Waals surface area contributed by atoms with Crippen molar-refractivity contribution < 1.29 is 18.3 Å². The summed E-state index contributed by atoms with van der Waals surface area (Å²) in [5, 5.41) is 0.854. The van der Waals surface area contributed by atoms with E-state index in [9.17, 15) is 13.6 Å². The number of fused-ring (bicyclic) bond motifs is 2. The van der Waals surface area contributed by atoms with Gasteiger partial charge in [-0.2, -0.15) is 0 Å². The number of methoxy groups -OCH3 is 1. The molecule has 0 saturated carbocycles. The Morgan fingerprint density at radius 3 is 2.50 bits per heavy atom. The number of halogens is 2. The van der Waals surface area contributed by atoms with Crippen LogP contribution in [0.4, 0.5) is 8.78 Å². The highest BCUT2D eigenvalue weighted by molar-refractivity contribution is 6.09. The van der Waals surface area contributed by atoms with E-state index in [2.05, 4.69) is 6.08 Å². The number of aromatic nitrogens is 1. The number of alkyl halides is 2. The van der Waals surface area contributed by atoms with E-state index in [4.69, 9.17) is 9.72 Å². The Hall–Kier alpha value is -3.32. The molecule has 176 valence electrons. The van der Waals surface area contributed by atoms with Crippen molar-refractivity contribution in [2.75, 3.05) is 39.8 Å². The summed E-state index contributed by atoms with van der Waals surface area (Å²) >= 11 is 0. The SMILES string of the molecule is COc1ccc(/C=C2/CCc3c2nc2ccccc2c3C(=O)N2CCN(CC(F)F)CC2)cc1. The Bertz CT molecular complexity index is 1230. The number of carbonyl (C=O) groups excluding carboxylic acids is 1. The molecule has 1 aliphatic carbocycles. The van der Waals surface area contributed by atoms with Crippen LogP contribution in [0.3, 0.4) is 0 Å². The molecule has 0 unspecified atom stereocenters. The molecule has 1 amide bonds. The van der Waals surface area contributed by atoms with Crippen LogP contribution in [0, 0.1) is 0 Å². The fourth-order valence-corrected chi connectivity index (χ4v) is 4.91. The Balaban J connectivity index is 1.49. The first kappa shape index (κ1) is 22.5. The van der Waals surface area contributed by atoms with Crippen LogP contribution in [0.15, 0.2) is 48.5 Å². The number of piperazine rings is 1. The minimum absolute atomic E-state index is 0.0303. The second kappa shape index (κ2) is 9.50. The smallest absolute Gasteiger partial charge is 0.254 e. The third-order valence-electron chi connectivity index (χ3n) is 6.67. The zero-order valence-corrected chi connectivity index (χ0v) is 19.1. The number of benzene rings is 2.